The summed E-state index contributed by atoms with van der Waals surface area (Å²) in [5.41, 5.74) is 5.14. The molecular formula is C18H23ClN4O4S. The van der Waals surface area contributed by atoms with Crippen LogP contribution in [0.4, 0.5) is 11.5 Å². The Morgan fingerprint density at radius 2 is 1.68 bits per heavy atom. The number of benzene rings is 1. The fourth-order valence-corrected chi connectivity index (χ4v) is 4.69. The lowest BCUT2D eigenvalue weighted by Crippen LogP contribution is -2.46. The summed E-state index contributed by atoms with van der Waals surface area (Å²) in [5, 5.41) is 0.425. The lowest BCUT2D eigenvalue weighted by atomic mass is 10.1. The van der Waals surface area contributed by atoms with Gasteiger partial charge in [-0.05, 0) is 43.5 Å². The second-order valence-corrected chi connectivity index (χ2v) is 9.40. The summed E-state index contributed by atoms with van der Waals surface area (Å²) in [4.78, 5) is 27.5. The number of anilines is 2. The number of hydrogen-bond donors (Lipinski definition) is 1. The molecule has 0 spiro atoms. The first-order chi connectivity index (χ1) is 13.2. The van der Waals surface area contributed by atoms with Gasteiger partial charge in [-0.15, -0.1) is 0 Å². The van der Waals surface area contributed by atoms with Crippen molar-refractivity contribution in [3.05, 3.63) is 50.1 Å². The van der Waals surface area contributed by atoms with Crippen LogP contribution in [0.15, 0.2) is 38.8 Å². The van der Waals surface area contributed by atoms with Crippen molar-refractivity contribution < 1.29 is 8.42 Å². The number of aromatic nitrogens is 2. The van der Waals surface area contributed by atoms with Crippen LogP contribution in [0.5, 0.6) is 0 Å². The Morgan fingerprint density at radius 3 is 2.29 bits per heavy atom. The summed E-state index contributed by atoms with van der Waals surface area (Å²) < 4.78 is 27.3. The number of rotatable bonds is 5. The predicted molar refractivity (Wildman–Crippen MR) is 110 cm³/mol. The minimum atomic E-state index is -3.68. The van der Waals surface area contributed by atoms with Gasteiger partial charge >= 0.3 is 5.69 Å². The van der Waals surface area contributed by atoms with E-state index >= 15 is 0 Å². The van der Waals surface area contributed by atoms with Crippen LogP contribution in [0.25, 0.3) is 0 Å². The predicted octanol–water partition coefficient (Wildman–Crippen LogP) is 1.25. The molecule has 0 unspecified atom stereocenters. The van der Waals surface area contributed by atoms with Gasteiger partial charge in [0, 0.05) is 31.7 Å². The molecule has 0 bridgehead atoms. The number of nitrogens with two attached hydrogens (primary N) is 1. The molecule has 10 heteroatoms. The van der Waals surface area contributed by atoms with Gasteiger partial charge in [0.1, 0.15) is 11.5 Å². The summed E-state index contributed by atoms with van der Waals surface area (Å²) in [6, 6.07) is 5.77. The highest BCUT2D eigenvalue weighted by Crippen LogP contribution is 2.21. The van der Waals surface area contributed by atoms with E-state index in [1.807, 2.05) is 4.90 Å². The molecular weight excluding hydrogens is 404 g/mol. The quantitative estimate of drug-likeness (QED) is 0.770. The van der Waals surface area contributed by atoms with Crippen molar-refractivity contribution >= 4 is 32.9 Å². The Kier molecular flexibility index (Phi) is 5.85. The van der Waals surface area contributed by atoms with E-state index < -0.39 is 21.1 Å². The topological polar surface area (TPSA) is 107 Å². The van der Waals surface area contributed by atoms with Crippen molar-refractivity contribution in [2.24, 2.45) is 7.05 Å². The van der Waals surface area contributed by atoms with E-state index in [1.165, 1.54) is 35.9 Å². The molecule has 28 heavy (non-hydrogen) atoms. The van der Waals surface area contributed by atoms with Gasteiger partial charge in [-0.1, -0.05) is 11.6 Å². The van der Waals surface area contributed by atoms with Crippen LogP contribution in [0.1, 0.15) is 19.3 Å². The third kappa shape index (κ3) is 3.95. The Bertz CT molecular complexity index is 1080. The molecule has 2 N–H and O–H groups in total. The highest BCUT2D eigenvalue weighted by atomic mass is 35.5. The molecule has 3 rings (SSSR count). The van der Waals surface area contributed by atoms with Gasteiger partial charge < -0.3 is 10.6 Å². The van der Waals surface area contributed by atoms with E-state index in [1.54, 1.807) is 0 Å². The van der Waals surface area contributed by atoms with E-state index in [0.29, 0.717) is 18.1 Å². The van der Waals surface area contributed by atoms with Crippen molar-refractivity contribution in [2.45, 2.75) is 30.7 Å². The average Bonchev–Trinajstić information content (AvgIpc) is 2.67. The molecule has 1 aliphatic rings. The maximum absolute atomic E-state index is 13.0. The van der Waals surface area contributed by atoms with E-state index in [2.05, 4.69) is 0 Å². The molecule has 0 aliphatic carbocycles. The highest BCUT2D eigenvalue weighted by Gasteiger charge is 2.23. The zero-order valence-corrected chi connectivity index (χ0v) is 17.2. The lowest BCUT2D eigenvalue weighted by molar-refractivity contribution is 0.558. The number of sulfone groups is 1. The summed E-state index contributed by atoms with van der Waals surface area (Å²) in [6.45, 7) is 1.11. The lowest BCUT2D eigenvalue weighted by Gasteiger charge is -2.29. The Labute approximate surface area is 168 Å². The normalized spacial score (nSPS) is 15.0. The summed E-state index contributed by atoms with van der Waals surface area (Å²) in [5.74, 6) is -0.277. The molecule has 0 saturated carbocycles. The van der Waals surface area contributed by atoms with Crippen LogP contribution < -0.4 is 21.9 Å². The van der Waals surface area contributed by atoms with Crippen LogP contribution in [0.2, 0.25) is 5.02 Å². The highest BCUT2D eigenvalue weighted by molar-refractivity contribution is 7.91. The molecule has 1 aromatic heterocycles. The number of halogens is 1. The SMILES string of the molecule is Cn1c(N)c(N2CCCCC2)c(=O)n(CCS(=O)(=O)c2ccc(Cl)cc2)c1=O. The smallest absolute Gasteiger partial charge is 0.332 e. The fraction of sp³-hybridized carbons (Fsp3) is 0.444. The van der Waals surface area contributed by atoms with Crippen LogP contribution in [0, 0.1) is 0 Å². The van der Waals surface area contributed by atoms with Gasteiger partial charge in [0.2, 0.25) is 0 Å². The van der Waals surface area contributed by atoms with Crippen molar-refractivity contribution in [2.75, 3.05) is 29.5 Å². The molecule has 2 aromatic rings. The van der Waals surface area contributed by atoms with Gasteiger partial charge in [0.05, 0.1) is 10.6 Å². The monoisotopic (exact) mass is 426 g/mol. The van der Waals surface area contributed by atoms with Crippen molar-refractivity contribution in [3.8, 4) is 0 Å². The molecule has 8 nitrogen and oxygen atoms in total. The molecule has 152 valence electrons. The number of nitrogens with zero attached hydrogens (tertiary/aromatic N) is 3. The standard InChI is InChI=1S/C18H23ClN4O4S/c1-21-16(20)15(22-9-3-2-4-10-22)17(24)23(18(21)25)11-12-28(26,27)14-7-5-13(19)6-8-14/h5-8H,2-4,9-12,20H2,1H3. The summed E-state index contributed by atoms with van der Waals surface area (Å²) >= 11 is 5.80. The van der Waals surface area contributed by atoms with E-state index in [9.17, 15) is 18.0 Å². The fourth-order valence-electron chi connectivity index (χ4n) is 3.35. The zero-order chi connectivity index (χ0) is 20.5. The molecule has 2 heterocycles. The Morgan fingerprint density at radius 1 is 1.07 bits per heavy atom. The largest absolute Gasteiger partial charge is 0.383 e. The third-order valence-electron chi connectivity index (χ3n) is 5.00. The van der Waals surface area contributed by atoms with Gasteiger partial charge in [-0.25, -0.2) is 13.2 Å². The minimum Gasteiger partial charge on any atom is -0.383 e. The van der Waals surface area contributed by atoms with Crippen molar-refractivity contribution in [1.29, 1.82) is 0 Å². The molecule has 0 radical (unpaired) electrons. The first-order valence-corrected chi connectivity index (χ1v) is 11.1. The molecule has 0 amide bonds. The maximum Gasteiger partial charge on any atom is 0.332 e. The number of nitrogen functional groups attached to an aromatic ring is 1. The summed E-state index contributed by atoms with van der Waals surface area (Å²) in [7, 11) is -2.20. The number of hydrogen-bond acceptors (Lipinski definition) is 6. The first-order valence-electron chi connectivity index (χ1n) is 9.05. The van der Waals surface area contributed by atoms with E-state index in [-0.39, 0.29) is 28.7 Å². The molecule has 1 aromatic carbocycles. The third-order valence-corrected chi connectivity index (χ3v) is 6.96. The Hall–Kier alpha value is -2.26. The van der Waals surface area contributed by atoms with Gasteiger partial charge in [0.15, 0.2) is 9.84 Å². The molecule has 1 fully saturated rings. The number of piperidine rings is 1. The van der Waals surface area contributed by atoms with Crippen LogP contribution in [-0.2, 0) is 23.4 Å². The van der Waals surface area contributed by atoms with Gasteiger partial charge in [0.25, 0.3) is 5.56 Å². The Balaban J connectivity index is 1.95. The summed E-state index contributed by atoms with van der Waals surface area (Å²) in [6.07, 6.45) is 2.95. The van der Waals surface area contributed by atoms with Crippen LogP contribution in [-0.4, -0.2) is 36.4 Å². The van der Waals surface area contributed by atoms with Crippen LogP contribution in [0.3, 0.4) is 0 Å². The molecule has 1 aliphatic heterocycles. The van der Waals surface area contributed by atoms with Crippen LogP contribution >= 0.6 is 11.6 Å². The first kappa shape index (κ1) is 20.5. The van der Waals surface area contributed by atoms with Crippen molar-refractivity contribution in [1.82, 2.24) is 9.13 Å². The van der Waals surface area contributed by atoms with Gasteiger partial charge in [-0.3, -0.25) is 13.9 Å². The zero-order valence-electron chi connectivity index (χ0n) is 15.6. The average molecular weight is 427 g/mol. The minimum absolute atomic E-state index is 0.0912. The van der Waals surface area contributed by atoms with E-state index in [0.717, 1.165) is 23.8 Å². The second kappa shape index (κ2) is 8.00. The van der Waals surface area contributed by atoms with Gasteiger partial charge in [-0.2, -0.15) is 0 Å². The van der Waals surface area contributed by atoms with E-state index in [4.69, 9.17) is 17.3 Å². The molecule has 0 atom stereocenters. The van der Waals surface area contributed by atoms with Crippen molar-refractivity contribution in [3.63, 3.8) is 0 Å². The maximum atomic E-state index is 13.0. The second-order valence-electron chi connectivity index (χ2n) is 6.85. The molecule has 1 saturated heterocycles.